The van der Waals surface area contributed by atoms with Crippen molar-refractivity contribution in [2.45, 2.75) is 46.6 Å². The Morgan fingerprint density at radius 1 is 1.47 bits per heavy atom. The van der Waals surface area contributed by atoms with Crippen LogP contribution in [0.2, 0.25) is 0 Å². The maximum Gasteiger partial charge on any atom is 0.233 e. The lowest BCUT2D eigenvalue weighted by Crippen LogP contribution is -2.48. The van der Waals surface area contributed by atoms with Crippen LogP contribution in [0.3, 0.4) is 0 Å². The van der Waals surface area contributed by atoms with Crippen molar-refractivity contribution in [3.63, 3.8) is 0 Å². The Hall–Kier alpha value is -0.940. The largest absolute Gasteiger partial charge is 0.392 e. The molecule has 3 N–H and O–H groups in total. The van der Waals surface area contributed by atoms with Crippen LogP contribution in [0, 0.1) is 12.3 Å². The number of thiophene rings is 1. The molecule has 1 atom stereocenters. The minimum absolute atomic E-state index is 0.0157. The summed E-state index contributed by atoms with van der Waals surface area (Å²) in [6, 6.07) is 4.09. The fourth-order valence-corrected chi connectivity index (χ4v) is 3.38. The highest BCUT2D eigenvalue weighted by Crippen LogP contribution is 2.29. The molecule has 0 fully saturated rings. The zero-order valence-corrected chi connectivity index (χ0v) is 13.6. The molecule has 0 saturated carbocycles. The van der Waals surface area contributed by atoms with Gasteiger partial charge in [0.2, 0.25) is 5.91 Å². The molecule has 1 rings (SSSR count). The first kappa shape index (κ1) is 16.1. The predicted molar refractivity (Wildman–Crippen MR) is 85.4 cm³/mol. The second-order valence-corrected chi connectivity index (χ2v) is 6.56. The molecule has 0 bridgehead atoms. The molecular formula is C14H22N2OS2. The van der Waals surface area contributed by atoms with Gasteiger partial charge in [0.15, 0.2) is 0 Å². The van der Waals surface area contributed by atoms with Crippen molar-refractivity contribution in [2.24, 2.45) is 11.1 Å². The fraction of sp³-hybridized carbons (Fsp3) is 0.571. The van der Waals surface area contributed by atoms with Gasteiger partial charge in [-0.2, -0.15) is 0 Å². The van der Waals surface area contributed by atoms with Crippen LogP contribution in [-0.2, 0) is 4.79 Å². The average molecular weight is 298 g/mol. The van der Waals surface area contributed by atoms with E-state index in [0.29, 0.717) is 12.8 Å². The summed E-state index contributed by atoms with van der Waals surface area (Å²) in [6.07, 6.45) is 1.25. The lowest BCUT2D eigenvalue weighted by Gasteiger charge is -2.30. The van der Waals surface area contributed by atoms with Gasteiger partial charge in [0, 0.05) is 9.75 Å². The molecule has 1 aromatic heterocycles. The smallest absolute Gasteiger partial charge is 0.233 e. The van der Waals surface area contributed by atoms with Crippen molar-refractivity contribution in [3.05, 3.63) is 21.9 Å². The van der Waals surface area contributed by atoms with Crippen LogP contribution in [0.1, 0.15) is 49.4 Å². The van der Waals surface area contributed by atoms with E-state index in [1.165, 1.54) is 4.88 Å². The first-order valence-electron chi connectivity index (χ1n) is 6.54. The van der Waals surface area contributed by atoms with E-state index in [1.54, 1.807) is 11.3 Å². The summed E-state index contributed by atoms with van der Waals surface area (Å²) >= 11 is 6.79. The maximum absolute atomic E-state index is 12.5. The van der Waals surface area contributed by atoms with Crippen LogP contribution in [0.15, 0.2) is 12.1 Å². The van der Waals surface area contributed by atoms with Gasteiger partial charge in [-0.1, -0.05) is 26.1 Å². The van der Waals surface area contributed by atoms with Crippen LogP contribution in [0.25, 0.3) is 0 Å². The van der Waals surface area contributed by atoms with E-state index in [1.807, 2.05) is 26.8 Å². The van der Waals surface area contributed by atoms with Crippen molar-refractivity contribution in [1.82, 2.24) is 5.32 Å². The summed E-state index contributed by atoms with van der Waals surface area (Å²) in [4.78, 5) is 15.2. The molecule has 19 heavy (non-hydrogen) atoms. The van der Waals surface area contributed by atoms with Gasteiger partial charge in [-0.15, -0.1) is 11.3 Å². The van der Waals surface area contributed by atoms with Gasteiger partial charge in [0.25, 0.3) is 0 Å². The van der Waals surface area contributed by atoms with Crippen molar-refractivity contribution < 1.29 is 4.79 Å². The maximum atomic E-state index is 12.5. The number of hydrogen-bond acceptors (Lipinski definition) is 3. The molecule has 106 valence electrons. The lowest BCUT2D eigenvalue weighted by molar-refractivity contribution is -0.128. The Labute approximate surface area is 124 Å². The second kappa shape index (κ2) is 6.48. The molecule has 3 nitrogen and oxygen atoms in total. The minimum Gasteiger partial charge on any atom is -0.392 e. The molecule has 0 spiro atoms. The van der Waals surface area contributed by atoms with Crippen molar-refractivity contribution in [2.75, 3.05) is 0 Å². The summed E-state index contributed by atoms with van der Waals surface area (Å²) in [5.74, 6) is -0.0662. The van der Waals surface area contributed by atoms with Gasteiger partial charge in [0.1, 0.15) is 0 Å². The van der Waals surface area contributed by atoms with Gasteiger partial charge < -0.3 is 11.1 Å². The molecule has 0 aromatic carbocycles. The topological polar surface area (TPSA) is 55.1 Å². The highest BCUT2D eigenvalue weighted by Gasteiger charge is 2.38. The zero-order chi connectivity index (χ0) is 14.6. The molecule has 0 radical (unpaired) electrons. The number of amides is 1. The Bertz CT molecular complexity index is 464. The summed E-state index contributed by atoms with van der Waals surface area (Å²) in [5.41, 5.74) is 5.06. The molecule has 1 amide bonds. The van der Waals surface area contributed by atoms with Gasteiger partial charge in [-0.25, -0.2) is 0 Å². The molecule has 0 aliphatic rings. The van der Waals surface area contributed by atoms with Gasteiger partial charge in [0.05, 0.1) is 16.4 Å². The Morgan fingerprint density at radius 2 is 2.05 bits per heavy atom. The van der Waals surface area contributed by atoms with E-state index < -0.39 is 5.41 Å². The van der Waals surface area contributed by atoms with E-state index in [0.717, 1.165) is 4.88 Å². The van der Waals surface area contributed by atoms with Crippen molar-refractivity contribution in [1.29, 1.82) is 0 Å². The third kappa shape index (κ3) is 3.34. The van der Waals surface area contributed by atoms with Crippen LogP contribution in [0.4, 0.5) is 0 Å². The van der Waals surface area contributed by atoms with Crippen LogP contribution >= 0.6 is 23.6 Å². The molecule has 0 aliphatic heterocycles. The molecule has 1 heterocycles. The first-order chi connectivity index (χ1) is 8.87. The number of thiocarbonyl (C=S) groups is 1. The third-order valence-electron chi connectivity index (χ3n) is 3.65. The van der Waals surface area contributed by atoms with Crippen molar-refractivity contribution >= 4 is 34.5 Å². The zero-order valence-electron chi connectivity index (χ0n) is 11.9. The molecular weight excluding hydrogens is 276 g/mol. The van der Waals surface area contributed by atoms with Gasteiger partial charge in [-0.05, 0) is 38.8 Å². The molecule has 0 saturated heterocycles. The summed E-state index contributed by atoms with van der Waals surface area (Å²) in [6.45, 7) is 7.93. The van der Waals surface area contributed by atoms with Gasteiger partial charge in [-0.3, -0.25) is 4.79 Å². The number of aryl methyl sites for hydroxylation is 1. The number of nitrogens with one attached hydrogen (secondary N) is 1. The molecule has 1 unspecified atom stereocenters. The minimum atomic E-state index is -0.726. The molecule has 1 aromatic rings. The van der Waals surface area contributed by atoms with Crippen LogP contribution < -0.4 is 11.1 Å². The number of carbonyl (C=O) groups is 1. The van der Waals surface area contributed by atoms with E-state index in [2.05, 4.69) is 18.3 Å². The first-order valence-corrected chi connectivity index (χ1v) is 7.77. The molecule has 5 heteroatoms. The number of carbonyl (C=O) groups excluding carboxylic acids is 1. The predicted octanol–water partition coefficient (Wildman–Crippen LogP) is 3.33. The Kier molecular flexibility index (Phi) is 5.50. The average Bonchev–Trinajstić information content (AvgIpc) is 2.77. The van der Waals surface area contributed by atoms with E-state index in [-0.39, 0.29) is 16.9 Å². The standard InChI is InChI=1S/C14H22N2OS2/c1-5-14(6-2,12(15)18)13(17)16-10(4)11-8-7-9(3)19-11/h7-8,10H,5-6H2,1-4H3,(H2,15,18)(H,16,17). The summed E-state index contributed by atoms with van der Waals surface area (Å²) in [5, 5.41) is 3.04. The number of rotatable bonds is 6. The highest BCUT2D eigenvalue weighted by molar-refractivity contribution is 7.80. The number of nitrogens with two attached hydrogens (primary N) is 1. The van der Waals surface area contributed by atoms with E-state index >= 15 is 0 Å². The molecule has 0 aliphatic carbocycles. The highest BCUT2D eigenvalue weighted by atomic mass is 32.1. The fourth-order valence-electron chi connectivity index (χ4n) is 2.12. The normalized spacial score (nSPS) is 13.1. The van der Waals surface area contributed by atoms with E-state index in [4.69, 9.17) is 18.0 Å². The Balaban J connectivity index is 2.86. The van der Waals surface area contributed by atoms with Crippen LogP contribution in [-0.4, -0.2) is 10.9 Å². The van der Waals surface area contributed by atoms with Crippen molar-refractivity contribution in [3.8, 4) is 0 Å². The van der Waals surface area contributed by atoms with E-state index in [9.17, 15) is 4.79 Å². The SMILES string of the molecule is CCC(CC)(C(=O)NC(C)c1ccc(C)s1)C(N)=S. The monoisotopic (exact) mass is 298 g/mol. The summed E-state index contributed by atoms with van der Waals surface area (Å²) in [7, 11) is 0. The summed E-state index contributed by atoms with van der Waals surface area (Å²) < 4.78 is 0. The lowest BCUT2D eigenvalue weighted by atomic mass is 9.81. The Morgan fingerprint density at radius 3 is 2.42 bits per heavy atom. The van der Waals surface area contributed by atoms with Crippen LogP contribution in [0.5, 0.6) is 0 Å². The number of hydrogen-bond donors (Lipinski definition) is 2. The van der Waals surface area contributed by atoms with Gasteiger partial charge >= 0.3 is 0 Å². The second-order valence-electron chi connectivity index (χ2n) is 4.80. The third-order valence-corrected chi connectivity index (χ3v) is 5.22. The quantitative estimate of drug-likeness (QED) is 0.792.